The van der Waals surface area contributed by atoms with E-state index in [0.29, 0.717) is 43.1 Å². The van der Waals surface area contributed by atoms with Crippen LogP contribution in [0.25, 0.3) is 0 Å². The molecule has 3 aliphatic carbocycles. The van der Waals surface area contributed by atoms with Crippen molar-refractivity contribution in [3.05, 3.63) is 24.3 Å². The zero-order valence-corrected chi connectivity index (χ0v) is 13.7. The fraction of sp³-hybridized carbons (Fsp3) is 0.750. The van der Waals surface area contributed by atoms with Gasteiger partial charge in [0, 0.05) is 19.8 Å². The molecule has 5 atom stereocenters. The van der Waals surface area contributed by atoms with Crippen molar-refractivity contribution in [1.29, 1.82) is 0 Å². The summed E-state index contributed by atoms with van der Waals surface area (Å²) in [6.45, 7) is 8.11. The maximum atomic E-state index is 6.13. The molecule has 0 aromatic rings. The number of hydrogen-bond acceptors (Lipinski definition) is 3. The molecule has 0 spiro atoms. The van der Waals surface area contributed by atoms with Gasteiger partial charge in [0.2, 0.25) is 0 Å². The number of hydrogen-bond donors (Lipinski definition) is 0. The molecule has 0 radical (unpaired) electrons. The van der Waals surface area contributed by atoms with Gasteiger partial charge in [-0.15, -0.1) is 0 Å². The first-order valence-electron chi connectivity index (χ1n) is 8.04. The van der Waals surface area contributed by atoms with Crippen LogP contribution in [-0.4, -0.2) is 28.6 Å². The van der Waals surface area contributed by atoms with Crippen molar-refractivity contribution in [1.82, 2.24) is 0 Å². The predicted molar refractivity (Wildman–Crippen MR) is 81.2 cm³/mol. The Morgan fingerprint density at radius 2 is 1.45 bits per heavy atom. The molecule has 3 rings (SSSR count). The lowest BCUT2D eigenvalue weighted by Crippen LogP contribution is -2.52. The maximum absolute atomic E-state index is 6.13. The van der Waals surface area contributed by atoms with Crippen LogP contribution >= 0.6 is 0 Å². The highest BCUT2D eigenvalue weighted by Crippen LogP contribution is 2.59. The van der Waals surface area contributed by atoms with Gasteiger partial charge in [-0.25, -0.2) is 0 Å². The summed E-state index contributed by atoms with van der Waals surface area (Å²) in [5.41, 5.74) is 0.340. The van der Waals surface area contributed by atoms with Crippen LogP contribution in [0.4, 0.5) is 0 Å². The second-order valence-corrected chi connectivity index (χ2v) is 8.66. The van der Waals surface area contributed by atoms with Gasteiger partial charge in [0.25, 0.3) is 0 Å². The molecule has 20 heavy (non-hydrogen) atoms. The van der Waals surface area contributed by atoms with E-state index in [1.54, 1.807) is 0 Å². The molecule has 0 aromatic carbocycles. The van der Waals surface area contributed by atoms with Gasteiger partial charge in [-0.2, -0.15) is 0 Å². The Kier molecular flexibility index (Phi) is 4.18. The fourth-order valence-electron chi connectivity index (χ4n) is 4.42. The van der Waals surface area contributed by atoms with Gasteiger partial charge in [0.1, 0.15) is 0 Å². The van der Waals surface area contributed by atoms with Crippen molar-refractivity contribution >= 4 is 8.80 Å². The summed E-state index contributed by atoms with van der Waals surface area (Å²) >= 11 is 0. The number of allylic oxidation sites excluding steroid dienone is 4. The number of rotatable bonds is 7. The van der Waals surface area contributed by atoms with Crippen LogP contribution in [0.2, 0.25) is 5.54 Å². The minimum Gasteiger partial charge on any atom is -0.373 e. The molecular weight excluding hydrogens is 268 g/mol. The quantitative estimate of drug-likeness (QED) is 0.532. The van der Waals surface area contributed by atoms with Crippen LogP contribution in [0.15, 0.2) is 24.3 Å². The lowest BCUT2D eigenvalue weighted by molar-refractivity contribution is 0.0572. The summed E-state index contributed by atoms with van der Waals surface area (Å²) < 4.78 is 18.4. The largest absolute Gasteiger partial charge is 0.508 e. The molecule has 4 heteroatoms. The molecule has 0 aliphatic heterocycles. The highest BCUT2D eigenvalue weighted by molar-refractivity contribution is 6.63. The highest BCUT2D eigenvalue weighted by atomic mass is 28.4. The van der Waals surface area contributed by atoms with E-state index in [9.17, 15) is 0 Å². The molecule has 1 fully saturated rings. The van der Waals surface area contributed by atoms with Gasteiger partial charge in [-0.1, -0.05) is 24.3 Å². The van der Waals surface area contributed by atoms with E-state index in [2.05, 4.69) is 24.3 Å². The van der Waals surface area contributed by atoms with Crippen molar-refractivity contribution in [2.24, 2.45) is 23.7 Å². The SMILES string of the molecule is CCO[Si](OCC)(OCC)C1C=CC2C3C=CC(C3)C21. The molecule has 0 N–H and O–H groups in total. The maximum Gasteiger partial charge on any atom is 0.508 e. The summed E-state index contributed by atoms with van der Waals surface area (Å²) in [5.74, 6) is 2.76. The Morgan fingerprint density at radius 1 is 0.850 bits per heavy atom. The molecule has 0 saturated heterocycles. The minimum absolute atomic E-state index is 0.340. The fourth-order valence-corrected chi connectivity index (χ4v) is 7.74. The van der Waals surface area contributed by atoms with E-state index in [-0.39, 0.29) is 0 Å². The molecule has 112 valence electrons. The minimum atomic E-state index is -2.61. The second kappa shape index (κ2) is 5.76. The molecule has 0 aromatic heterocycles. The third-order valence-corrected chi connectivity index (χ3v) is 8.45. The van der Waals surface area contributed by atoms with Crippen LogP contribution < -0.4 is 0 Å². The second-order valence-electron chi connectivity index (χ2n) is 5.92. The first-order chi connectivity index (χ1) is 9.75. The Hall–Kier alpha value is -0.423. The van der Waals surface area contributed by atoms with Crippen LogP contribution in [0.3, 0.4) is 0 Å². The Bertz CT molecular complexity index is 390. The molecule has 2 bridgehead atoms. The first-order valence-corrected chi connectivity index (χ1v) is 9.84. The van der Waals surface area contributed by atoms with Crippen molar-refractivity contribution in [2.75, 3.05) is 19.8 Å². The number of fused-ring (bicyclic) bond motifs is 5. The lowest BCUT2D eigenvalue weighted by atomic mass is 9.85. The molecule has 0 amide bonds. The molecule has 1 saturated carbocycles. The topological polar surface area (TPSA) is 27.7 Å². The first kappa shape index (κ1) is 14.5. The van der Waals surface area contributed by atoms with Gasteiger partial charge >= 0.3 is 8.80 Å². The lowest BCUT2D eigenvalue weighted by Gasteiger charge is -2.37. The third kappa shape index (κ3) is 2.13. The van der Waals surface area contributed by atoms with E-state index in [4.69, 9.17) is 13.3 Å². The molecule has 3 aliphatic rings. The molecule has 3 nitrogen and oxygen atoms in total. The molecule has 5 unspecified atom stereocenters. The van der Waals surface area contributed by atoms with Gasteiger partial charge < -0.3 is 13.3 Å². The molecular formula is C16H26O3Si. The normalized spacial score (nSPS) is 37.9. The van der Waals surface area contributed by atoms with Gasteiger partial charge in [0.05, 0.1) is 5.54 Å². The Labute approximate surface area is 123 Å². The monoisotopic (exact) mass is 294 g/mol. The van der Waals surface area contributed by atoms with E-state index in [1.165, 1.54) is 6.42 Å². The Morgan fingerprint density at radius 3 is 2.05 bits per heavy atom. The van der Waals surface area contributed by atoms with Crippen LogP contribution in [0.1, 0.15) is 27.2 Å². The zero-order valence-electron chi connectivity index (χ0n) is 12.7. The van der Waals surface area contributed by atoms with Crippen molar-refractivity contribution in [2.45, 2.75) is 32.7 Å². The van der Waals surface area contributed by atoms with E-state index in [0.717, 1.165) is 5.92 Å². The Balaban J connectivity index is 1.87. The van der Waals surface area contributed by atoms with Crippen molar-refractivity contribution in [3.8, 4) is 0 Å². The average molecular weight is 294 g/mol. The van der Waals surface area contributed by atoms with Crippen molar-refractivity contribution in [3.63, 3.8) is 0 Å². The van der Waals surface area contributed by atoms with E-state index >= 15 is 0 Å². The summed E-state index contributed by atoms with van der Waals surface area (Å²) in [5, 5.41) is 0. The standard InChI is InChI=1S/C16H26O3Si/c1-4-17-20(18-5-2,19-6-3)15-10-9-14-12-7-8-13(11-12)16(14)15/h7-10,12-16H,4-6,11H2,1-3H3. The summed E-state index contributed by atoms with van der Waals surface area (Å²) in [6, 6.07) is 0. The third-order valence-electron chi connectivity index (χ3n) is 4.98. The van der Waals surface area contributed by atoms with Crippen LogP contribution in [0.5, 0.6) is 0 Å². The van der Waals surface area contributed by atoms with Crippen LogP contribution in [0, 0.1) is 23.7 Å². The summed E-state index contributed by atoms with van der Waals surface area (Å²) in [6.07, 6.45) is 10.9. The van der Waals surface area contributed by atoms with E-state index < -0.39 is 8.80 Å². The zero-order chi connectivity index (χ0) is 14.2. The van der Waals surface area contributed by atoms with Gasteiger partial charge in [-0.05, 0) is 50.9 Å². The van der Waals surface area contributed by atoms with Gasteiger partial charge in [0.15, 0.2) is 0 Å². The highest BCUT2D eigenvalue weighted by Gasteiger charge is 2.60. The van der Waals surface area contributed by atoms with Gasteiger partial charge in [-0.3, -0.25) is 0 Å². The smallest absolute Gasteiger partial charge is 0.373 e. The summed E-state index contributed by atoms with van der Waals surface area (Å²) in [7, 11) is -2.61. The predicted octanol–water partition coefficient (Wildman–Crippen LogP) is 3.41. The summed E-state index contributed by atoms with van der Waals surface area (Å²) in [4.78, 5) is 0. The average Bonchev–Trinajstić information content (AvgIpc) is 3.12. The van der Waals surface area contributed by atoms with Crippen LogP contribution in [-0.2, 0) is 13.3 Å². The van der Waals surface area contributed by atoms with E-state index in [1.807, 2.05) is 20.8 Å². The molecule has 0 heterocycles. The van der Waals surface area contributed by atoms with Crippen molar-refractivity contribution < 1.29 is 13.3 Å².